The van der Waals surface area contributed by atoms with E-state index in [0.717, 1.165) is 0 Å². The number of aromatic nitrogens is 2. The van der Waals surface area contributed by atoms with Gasteiger partial charge in [0.2, 0.25) is 5.95 Å². The number of hydrogen-bond donors (Lipinski definition) is 3. The number of non-ortho nitro benzene ring substituents is 1. The monoisotopic (exact) mass is 556 g/mol. The Hall–Kier alpha value is -4.33. The Morgan fingerprint density at radius 1 is 0.919 bits per heavy atom. The van der Waals surface area contributed by atoms with E-state index in [0.29, 0.717) is 22.1 Å². The van der Waals surface area contributed by atoms with Crippen LogP contribution in [0.3, 0.4) is 0 Å². The molecule has 37 heavy (non-hydrogen) atoms. The zero-order valence-electron chi connectivity index (χ0n) is 18.7. The van der Waals surface area contributed by atoms with Crippen molar-refractivity contribution in [1.82, 2.24) is 9.97 Å². The van der Waals surface area contributed by atoms with Crippen LogP contribution in [0.15, 0.2) is 90.1 Å². The van der Waals surface area contributed by atoms with Gasteiger partial charge in [0, 0.05) is 35.2 Å². The quantitative estimate of drug-likeness (QED) is 0.145. The zero-order valence-corrected chi connectivity index (χ0v) is 21.0. The second kappa shape index (κ2) is 11.2. The summed E-state index contributed by atoms with van der Waals surface area (Å²) in [5.41, 5.74) is 0.582. The normalized spacial score (nSPS) is 10.8. The molecule has 3 N–H and O–H groups in total. The second-order valence-electron chi connectivity index (χ2n) is 7.31. The largest absolute Gasteiger partial charge is 0.457 e. The smallest absolute Gasteiger partial charge is 0.275 e. The molecule has 0 bridgehead atoms. The fourth-order valence-electron chi connectivity index (χ4n) is 3.00. The number of nitrogens with zero attached hydrogens (tertiary/aromatic N) is 3. The number of hydrogen-bond acceptors (Lipinski definition) is 8. The third kappa shape index (κ3) is 7.10. The van der Waals surface area contributed by atoms with E-state index in [1.165, 1.54) is 48.8 Å². The van der Waals surface area contributed by atoms with E-state index in [4.69, 9.17) is 28.6 Å². The predicted octanol–water partition coefficient (Wildman–Crippen LogP) is 5.44. The van der Waals surface area contributed by atoms with Gasteiger partial charge in [-0.3, -0.25) is 10.1 Å². The lowest BCUT2D eigenvalue weighted by atomic mass is 10.2. The summed E-state index contributed by atoms with van der Waals surface area (Å²) in [4.78, 5) is 18.5. The number of anilines is 3. The molecule has 0 amide bonds. The van der Waals surface area contributed by atoms with E-state index in [-0.39, 0.29) is 27.4 Å². The molecule has 0 aliphatic heterocycles. The van der Waals surface area contributed by atoms with Crippen LogP contribution in [0.1, 0.15) is 0 Å². The molecule has 0 unspecified atom stereocenters. The maximum absolute atomic E-state index is 12.5. The highest BCUT2D eigenvalue weighted by Crippen LogP contribution is 2.30. The highest BCUT2D eigenvalue weighted by Gasteiger charge is 2.16. The molecule has 11 nitrogen and oxygen atoms in total. The van der Waals surface area contributed by atoms with Gasteiger partial charge in [-0.1, -0.05) is 11.6 Å². The van der Waals surface area contributed by atoms with Crippen molar-refractivity contribution in [2.24, 2.45) is 0 Å². The first-order valence-electron chi connectivity index (χ1n) is 10.4. The minimum absolute atomic E-state index is 0.00736. The summed E-state index contributed by atoms with van der Waals surface area (Å²) in [7, 11) is -3.89. The number of ether oxygens (including phenoxy) is 1. The lowest BCUT2D eigenvalue weighted by Crippen LogP contribution is -2.19. The van der Waals surface area contributed by atoms with E-state index >= 15 is 0 Å². The van der Waals surface area contributed by atoms with Crippen LogP contribution in [-0.4, -0.2) is 28.4 Å². The predicted molar refractivity (Wildman–Crippen MR) is 144 cm³/mol. The van der Waals surface area contributed by atoms with Gasteiger partial charge in [-0.05, 0) is 66.8 Å². The average Bonchev–Trinajstić information content (AvgIpc) is 2.86. The van der Waals surface area contributed by atoms with Gasteiger partial charge in [0.25, 0.3) is 15.7 Å². The molecule has 0 saturated heterocycles. The lowest BCUT2D eigenvalue weighted by molar-refractivity contribution is -0.384. The third-order valence-electron chi connectivity index (χ3n) is 4.62. The van der Waals surface area contributed by atoms with Gasteiger partial charge in [-0.15, -0.1) is 0 Å². The number of rotatable bonds is 8. The van der Waals surface area contributed by atoms with Crippen LogP contribution in [0.4, 0.5) is 23.0 Å². The molecular weight excluding hydrogens is 540 g/mol. The van der Waals surface area contributed by atoms with Crippen LogP contribution in [0.2, 0.25) is 5.02 Å². The molecule has 1 heterocycles. The number of thiocarbonyl (C=S) groups is 1. The molecule has 0 radical (unpaired) electrons. The maximum atomic E-state index is 12.5. The summed E-state index contributed by atoms with van der Waals surface area (Å²) in [6.45, 7) is 0. The molecule has 4 aromatic rings. The molecule has 0 aliphatic carbocycles. The Bertz CT molecular complexity index is 1540. The van der Waals surface area contributed by atoms with Crippen molar-refractivity contribution >= 4 is 62.0 Å². The summed E-state index contributed by atoms with van der Waals surface area (Å²) in [5, 5.41) is 17.8. The van der Waals surface area contributed by atoms with Crippen molar-refractivity contribution in [3.05, 3.63) is 100 Å². The van der Waals surface area contributed by atoms with Gasteiger partial charge in [0.1, 0.15) is 11.5 Å². The Labute approximate surface area is 221 Å². The molecule has 14 heteroatoms. The van der Waals surface area contributed by atoms with Gasteiger partial charge in [-0.2, -0.15) is 0 Å². The number of benzene rings is 3. The van der Waals surface area contributed by atoms with Crippen LogP contribution in [0.25, 0.3) is 0 Å². The maximum Gasteiger partial charge on any atom is 0.275 e. The second-order valence-corrected chi connectivity index (χ2v) is 9.84. The zero-order chi connectivity index (χ0) is 26.4. The third-order valence-corrected chi connectivity index (χ3v) is 6.42. The van der Waals surface area contributed by atoms with E-state index in [2.05, 4.69) is 25.3 Å². The SMILES string of the molecule is O=[N+]([O-])c1cc(NC(=S)Nc2ccc(S(=O)(=O)Nc3ncccn3)cc2)cc(Oc2ccc(Cl)cc2)c1. The van der Waals surface area contributed by atoms with Crippen molar-refractivity contribution < 1.29 is 18.1 Å². The first-order valence-corrected chi connectivity index (χ1v) is 12.7. The van der Waals surface area contributed by atoms with Crippen molar-refractivity contribution in [3.8, 4) is 11.5 Å². The number of nitro groups is 1. The summed E-state index contributed by atoms with van der Waals surface area (Å²) in [5.74, 6) is 0.609. The molecule has 4 rings (SSSR count). The van der Waals surface area contributed by atoms with Crippen LogP contribution in [-0.2, 0) is 10.0 Å². The highest BCUT2D eigenvalue weighted by atomic mass is 35.5. The van der Waals surface area contributed by atoms with Gasteiger partial charge in [0.15, 0.2) is 5.11 Å². The number of sulfonamides is 1. The van der Waals surface area contributed by atoms with Crippen LogP contribution in [0.5, 0.6) is 11.5 Å². The lowest BCUT2D eigenvalue weighted by Gasteiger charge is -2.13. The van der Waals surface area contributed by atoms with Gasteiger partial charge >= 0.3 is 0 Å². The fourth-order valence-corrected chi connectivity index (χ4v) is 4.32. The Morgan fingerprint density at radius 2 is 1.57 bits per heavy atom. The topological polar surface area (TPSA) is 148 Å². The highest BCUT2D eigenvalue weighted by molar-refractivity contribution is 7.92. The minimum Gasteiger partial charge on any atom is -0.457 e. The molecule has 0 fully saturated rings. The summed E-state index contributed by atoms with van der Waals surface area (Å²) in [6.07, 6.45) is 2.83. The molecule has 0 saturated carbocycles. The Kier molecular flexibility index (Phi) is 7.77. The number of halogens is 1. The van der Waals surface area contributed by atoms with Gasteiger partial charge in [-0.25, -0.2) is 23.1 Å². The summed E-state index contributed by atoms with van der Waals surface area (Å²) in [6, 6.07) is 18.0. The summed E-state index contributed by atoms with van der Waals surface area (Å²) >= 11 is 11.2. The van der Waals surface area contributed by atoms with E-state index in [1.807, 2.05) is 0 Å². The average molecular weight is 557 g/mol. The van der Waals surface area contributed by atoms with Gasteiger partial charge < -0.3 is 15.4 Å². The van der Waals surface area contributed by atoms with Crippen LogP contribution < -0.4 is 20.1 Å². The van der Waals surface area contributed by atoms with Crippen molar-refractivity contribution in [1.29, 1.82) is 0 Å². The standard InChI is InChI=1S/C23H17ClN6O5S2/c24-15-2-6-19(7-3-15)35-20-13-17(12-18(14-20)30(31)32)28-23(36)27-16-4-8-21(9-5-16)37(33,34)29-22-25-10-1-11-26-22/h1-14H,(H,25,26,29)(H2,27,28,36). The van der Waals surface area contributed by atoms with Crippen molar-refractivity contribution in [2.45, 2.75) is 4.90 Å². The van der Waals surface area contributed by atoms with Crippen molar-refractivity contribution in [3.63, 3.8) is 0 Å². The van der Waals surface area contributed by atoms with E-state index in [9.17, 15) is 18.5 Å². The summed E-state index contributed by atoms with van der Waals surface area (Å²) < 4.78 is 33.0. The first kappa shape index (κ1) is 25.8. The first-order chi connectivity index (χ1) is 17.7. The number of nitro benzene ring substituents is 1. The van der Waals surface area contributed by atoms with Crippen LogP contribution >= 0.6 is 23.8 Å². The molecule has 1 aromatic heterocycles. The van der Waals surface area contributed by atoms with E-state index < -0.39 is 14.9 Å². The molecule has 188 valence electrons. The molecule has 0 aliphatic rings. The fraction of sp³-hybridized carbons (Fsp3) is 0. The van der Waals surface area contributed by atoms with Gasteiger partial charge in [0.05, 0.1) is 21.6 Å². The minimum atomic E-state index is -3.89. The Balaban J connectivity index is 1.44. The van der Waals surface area contributed by atoms with Crippen molar-refractivity contribution in [2.75, 3.05) is 15.4 Å². The van der Waals surface area contributed by atoms with Crippen LogP contribution in [0, 0.1) is 10.1 Å². The molecule has 3 aromatic carbocycles. The molecular formula is C23H17ClN6O5S2. The molecule has 0 spiro atoms. The molecule has 0 atom stereocenters. The van der Waals surface area contributed by atoms with E-state index in [1.54, 1.807) is 36.4 Å². The Morgan fingerprint density at radius 3 is 2.22 bits per heavy atom. The number of nitrogens with one attached hydrogen (secondary N) is 3.